The fourth-order valence-electron chi connectivity index (χ4n) is 3.37. The number of allylic oxidation sites excluding steroid dienone is 1. The van der Waals surface area contributed by atoms with Gasteiger partial charge < -0.3 is 14.4 Å². The molecular weight excluding hydrogens is 484 g/mol. The summed E-state index contributed by atoms with van der Waals surface area (Å²) in [5.74, 6) is 0.826. The van der Waals surface area contributed by atoms with Crippen molar-refractivity contribution < 1.29 is 18.3 Å². The predicted octanol–water partition coefficient (Wildman–Crippen LogP) is 4.53. The van der Waals surface area contributed by atoms with Gasteiger partial charge in [0, 0.05) is 23.1 Å². The molecule has 3 aromatic rings. The molecule has 10 heteroatoms. The van der Waals surface area contributed by atoms with E-state index in [2.05, 4.69) is 36.9 Å². The maximum absolute atomic E-state index is 12.9. The highest BCUT2D eigenvalue weighted by Gasteiger charge is 2.23. The standard InChI is InChI=1S/C22H18BrF2N5O2/c23-17-6-7-19(32-21(24)25)15(13-17)12-16(14-26)20-27-28-22(29-8-10-31-11-9-29)30(20)18-4-2-1-3-5-18/h1-7,12-13,21H,8-11H2. The number of benzene rings is 2. The second kappa shape index (κ2) is 9.89. The van der Waals surface area contributed by atoms with Crippen LogP contribution in [0.4, 0.5) is 14.7 Å². The van der Waals surface area contributed by atoms with Gasteiger partial charge in [-0.25, -0.2) is 0 Å². The molecule has 4 rings (SSSR count). The van der Waals surface area contributed by atoms with E-state index in [-0.39, 0.29) is 11.3 Å². The van der Waals surface area contributed by atoms with Crippen LogP contribution in [0.3, 0.4) is 0 Å². The first-order chi connectivity index (χ1) is 15.6. The summed E-state index contributed by atoms with van der Waals surface area (Å²) >= 11 is 3.33. The van der Waals surface area contributed by atoms with Crippen LogP contribution in [0.2, 0.25) is 0 Å². The number of morpholine rings is 1. The molecule has 1 fully saturated rings. The quantitative estimate of drug-likeness (QED) is 0.461. The molecule has 1 aromatic heterocycles. The molecule has 1 aliphatic heterocycles. The Balaban J connectivity index is 1.84. The van der Waals surface area contributed by atoms with E-state index in [1.54, 1.807) is 16.7 Å². The highest BCUT2D eigenvalue weighted by atomic mass is 79.9. The zero-order valence-corrected chi connectivity index (χ0v) is 18.4. The van der Waals surface area contributed by atoms with Crippen molar-refractivity contribution in [2.75, 3.05) is 31.2 Å². The van der Waals surface area contributed by atoms with E-state index in [0.717, 1.165) is 5.69 Å². The second-order valence-electron chi connectivity index (χ2n) is 6.82. The number of alkyl halides is 2. The SMILES string of the molecule is N#CC(=Cc1cc(Br)ccc1OC(F)F)c1nnc(N2CCOCC2)n1-c1ccccc1. The van der Waals surface area contributed by atoms with Crippen LogP contribution >= 0.6 is 15.9 Å². The van der Waals surface area contributed by atoms with Crippen LogP contribution in [-0.2, 0) is 4.74 Å². The van der Waals surface area contributed by atoms with E-state index >= 15 is 0 Å². The minimum absolute atomic E-state index is 0.0462. The van der Waals surface area contributed by atoms with Gasteiger partial charge in [0.15, 0.2) is 5.82 Å². The van der Waals surface area contributed by atoms with Crippen LogP contribution in [0.25, 0.3) is 17.3 Å². The highest BCUT2D eigenvalue weighted by Crippen LogP contribution is 2.31. The molecule has 0 radical (unpaired) electrons. The smallest absolute Gasteiger partial charge is 0.387 e. The molecule has 0 saturated carbocycles. The summed E-state index contributed by atoms with van der Waals surface area (Å²) < 4.78 is 38.2. The fraction of sp³-hybridized carbons (Fsp3) is 0.227. The van der Waals surface area contributed by atoms with Crippen LogP contribution in [0.5, 0.6) is 5.75 Å². The number of anilines is 1. The Morgan fingerprint density at radius 3 is 2.59 bits per heavy atom. The Labute approximate surface area is 191 Å². The number of nitriles is 1. The Kier molecular flexibility index (Phi) is 6.78. The third-order valence-electron chi connectivity index (χ3n) is 4.80. The molecule has 0 bridgehead atoms. The van der Waals surface area contributed by atoms with E-state index in [1.807, 2.05) is 35.2 Å². The molecule has 0 spiro atoms. The van der Waals surface area contributed by atoms with Gasteiger partial charge in [0.05, 0.1) is 24.5 Å². The number of ether oxygens (including phenoxy) is 2. The second-order valence-corrected chi connectivity index (χ2v) is 7.74. The third kappa shape index (κ3) is 4.79. The molecule has 0 N–H and O–H groups in total. The largest absolute Gasteiger partial charge is 0.434 e. The van der Waals surface area contributed by atoms with E-state index in [0.29, 0.717) is 48.1 Å². The van der Waals surface area contributed by atoms with Crippen LogP contribution < -0.4 is 9.64 Å². The van der Waals surface area contributed by atoms with Crippen LogP contribution in [0.1, 0.15) is 11.4 Å². The minimum atomic E-state index is -2.99. The van der Waals surface area contributed by atoms with Gasteiger partial charge in [-0.2, -0.15) is 14.0 Å². The van der Waals surface area contributed by atoms with Gasteiger partial charge >= 0.3 is 6.61 Å². The lowest BCUT2D eigenvalue weighted by Gasteiger charge is -2.28. The van der Waals surface area contributed by atoms with Crippen molar-refractivity contribution in [2.24, 2.45) is 0 Å². The molecule has 2 heterocycles. The average molecular weight is 502 g/mol. The molecule has 0 aliphatic carbocycles. The predicted molar refractivity (Wildman–Crippen MR) is 119 cm³/mol. The molecule has 0 unspecified atom stereocenters. The third-order valence-corrected chi connectivity index (χ3v) is 5.30. The first kappa shape index (κ1) is 21.9. The molecule has 1 aliphatic rings. The normalized spacial score (nSPS) is 14.5. The van der Waals surface area contributed by atoms with Gasteiger partial charge in [-0.05, 0) is 36.4 Å². The average Bonchev–Trinajstić information content (AvgIpc) is 3.25. The molecule has 7 nitrogen and oxygen atoms in total. The summed E-state index contributed by atoms with van der Waals surface area (Å²) in [6.45, 7) is -0.604. The first-order valence-electron chi connectivity index (χ1n) is 9.77. The van der Waals surface area contributed by atoms with E-state index < -0.39 is 6.61 Å². The molecule has 32 heavy (non-hydrogen) atoms. The Morgan fingerprint density at radius 1 is 1.16 bits per heavy atom. The number of halogens is 3. The Hall–Kier alpha value is -3.29. The summed E-state index contributed by atoms with van der Waals surface area (Å²) in [7, 11) is 0. The number of hydrogen-bond acceptors (Lipinski definition) is 6. The summed E-state index contributed by atoms with van der Waals surface area (Å²) in [5.41, 5.74) is 1.23. The minimum Gasteiger partial charge on any atom is -0.434 e. The fourth-order valence-corrected chi connectivity index (χ4v) is 3.75. The lowest BCUT2D eigenvalue weighted by atomic mass is 10.1. The topological polar surface area (TPSA) is 76.2 Å². The van der Waals surface area contributed by atoms with Crippen molar-refractivity contribution >= 4 is 33.5 Å². The number of hydrogen-bond donors (Lipinski definition) is 0. The van der Waals surface area contributed by atoms with Gasteiger partial charge in [0.25, 0.3) is 0 Å². The van der Waals surface area contributed by atoms with Gasteiger partial charge in [-0.3, -0.25) is 4.57 Å². The number of nitrogens with zero attached hydrogens (tertiary/aromatic N) is 5. The van der Waals surface area contributed by atoms with E-state index in [9.17, 15) is 14.0 Å². The van der Waals surface area contributed by atoms with Crippen molar-refractivity contribution in [3.63, 3.8) is 0 Å². The number of rotatable bonds is 6. The summed E-state index contributed by atoms with van der Waals surface area (Å²) in [5, 5.41) is 18.6. The molecule has 0 amide bonds. The van der Waals surface area contributed by atoms with Gasteiger partial charge in [-0.1, -0.05) is 34.1 Å². The molecular formula is C22H18BrF2N5O2. The van der Waals surface area contributed by atoms with Gasteiger partial charge in [-0.15, -0.1) is 10.2 Å². The van der Waals surface area contributed by atoms with Crippen LogP contribution in [0, 0.1) is 11.3 Å². The number of para-hydroxylation sites is 1. The van der Waals surface area contributed by atoms with Crippen molar-refractivity contribution in [3.8, 4) is 17.5 Å². The maximum atomic E-state index is 12.9. The van der Waals surface area contributed by atoms with Crippen molar-refractivity contribution in [3.05, 3.63) is 64.4 Å². The summed E-state index contributed by atoms with van der Waals surface area (Å²) in [6.07, 6.45) is 1.47. The zero-order chi connectivity index (χ0) is 22.5. The van der Waals surface area contributed by atoms with Crippen molar-refractivity contribution in [2.45, 2.75) is 6.61 Å². The maximum Gasteiger partial charge on any atom is 0.387 e. The molecule has 1 saturated heterocycles. The van der Waals surface area contributed by atoms with E-state index in [1.165, 1.54) is 12.1 Å². The Bertz CT molecular complexity index is 1150. The highest BCUT2D eigenvalue weighted by molar-refractivity contribution is 9.10. The Morgan fingerprint density at radius 2 is 1.91 bits per heavy atom. The van der Waals surface area contributed by atoms with Crippen LogP contribution in [0.15, 0.2) is 53.0 Å². The van der Waals surface area contributed by atoms with E-state index in [4.69, 9.17) is 4.74 Å². The van der Waals surface area contributed by atoms with Crippen molar-refractivity contribution in [1.82, 2.24) is 14.8 Å². The monoisotopic (exact) mass is 501 g/mol. The van der Waals surface area contributed by atoms with Gasteiger partial charge in [0.2, 0.25) is 5.95 Å². The molecule has 0 atom stereocenters. The van der Waals surface area contributed by atoms with Crippen molar-refractivity contribution in [1.29, 1.82) is 5.26 Å². The number of aromatic nitrogens is 3. The molecule has 164 valence electrons. The summed E-state index contributed by atoms with van der Waals surface area (Å²) in [4.78, 5) is 2.03. The zero-order valence-electron chi connectivity index (χ0n) is 16.8. The molecule has 2 aromatic carbocycles. The lowest BCUT2D eigenvalue weighted by molar-refractivity contribution is -0.0499. The van der Waals surface area contributed by atoms with Crippen LogP contribution in [-0.4, -0.2) is 47.7 Å². The first-order valence-corrected chi connectivity index (χ1v) is 10.6. The lowest BCUT2D eigenvalue weighted by Crippen LogP contribution is -2.38. The van der Waals surface area contributed by atoms with Gasteiger partial charge in [0.1, 0.15) is 11.8 Å². The summed E-state index contributed by atoms with van der Waals surface area (Å²) in [6, 6.07) is 16.1.